The van der Waals surface area contributed by atoms with Crippen molar-refractivity contribution in [2.75, 3.05) is 0 Å². The Morgan fingerprint density at radius 1 is 1.50 bits per heavy atom. The number of pyridine rings is 1. The summed E-state index contributed by atoms with van der Waals surface area (Å²) in [7, 11) is 0. The maximum atomic E-state index is 11.9. The molecule has 2 heterocycles. The first-order valence-corrected chi connectivity index (χ1v) is 6.00. The van der Waals surface area contributed by atoms with E-state index in [9.17, 15) is 4.79 Å². The number of nitrogens with two attached hydrogens (primary N) is 1. The van der Waals surface area contributed by atoms with E-state index in [0.717, 1.165) is 18.5 Å². The lowest BCUT2D eigenvalue weighted by molar-refractivity contribution is -0.123. The number of carbonyl (C=O) groups excluding carboxylic acids is 1. The fraction of sp³-hybridized carbons (Fsp3) is 0.417. The number of nitrogens with one attached hydrogen (secondary N) is 1. The Bertz CT molecular complexity index is 601. The van der Waals surface area contributed by atoms with E-state index in [4.69, 9.17) is 5.73 Å². The van der Waals surface area contributed by atoms with Gasteiger partial charge in [-0.1, -0.05) is 6.07 Å². The second kappa shape index (κ2) is 3.78. The third kappa shape index (κ3) is 1.74. The van der Waals surface area contributed by atoms with Gasteiger partial charge in [0.05, 0.1) is 11.6 Å². The van der Waals surface area contributed by atoms with Gasteiger partial charge in [-0.3, -0.25) is 9.20 Å². The van der Waals surface area contributed by atoms with E-state index in [1.54, 1.807) is 0 Å². The maximum Gasteiger partial charge on any atom is 0.240 e. The van der Waals surface area contributed by atoms with Crippen LogP contribution in [0.2, 0.25) is 0 Å². The molecule has 0 saturated heterocycles. The molecule has 0 radical (unpaired) electrons. The van der Waals surface area contributed by atoms with Gasteiger partial charge in [0.1, 0.15) is 0 Å². The number of fused-ring (bicyclic) bond motifs is 1. The van der Waals surface area contributed by atoms with Crippen LogP contribution in [-0.4, -0.2) is 26.0 Å². The van der Waals surface area contributed by atoms with Crippen molar-refractivity contribution in [2.24, 2.45) is 5.73 Å². The van der Waals surface area contributed by atoms with Gasteiger partial charge in [0.2, 0.25) is 5.91 Å². The predicted octanol–water partition coefficient (Wildman–Crippen LogP) is 0.398. The van der Waals surface area contributed by atoms with Crippen LogP contribution in [0.5, 0.6) is 0 Å². The van der Waals surface area contributed by atoms with Gasteiger partial charge in [-0.2, -0.15) is 0 Å². The van der Waals surface area contributed by atoms with Crippen LogP contribution in [0.1, 0.15) is 31.6 Å². The molecule has 2 aromatic heterocycles. The van der Waals surface area contributed by atoms with Crippen molar-refractivity contribution in [1.29, 1.82) is 0 Å². The zero-order chi connectivity index (χ0) is 12.8. The number of nitrogens with zero attached hydrogens (tertiary/aromatic N) is 3. The molecule has 94 valence electrons. The van der Waals surface area contributed by atoms with Crippen LogP contribution in [0.25, 0.3) is 5.65 Å². The summed E-state index contributed by atoms with van der Waals surface area (Å²) in [4.78, 5) is 11.9. The first-order valence-electron chi connectivity index (χ1n) is 6.00. The fourth-order valence-corrected chi connectivity index (χ4v) is 1.92. The van der Waals surface area contributed by atoms with Crippen LogP contribution in [0.3, 0.4) is 0 Å². The lowest BCUT2D eigenvalue weighted by Crippen LogP contribution is -2.43. The summed E-state index contributed by atoms with van der Waals surface area (Å²) >= 11 is 0. The zero-order valence-electron chi connectivity index (χ0n) is 10.1. The van der Waals surface area contributed by atoms with Crippen LogP contribution < -0.4 is 11.1 Å². The van der Waals surface area contributed by atoms with Crippen LogP contribution in [0.4, 0.5) is 0 Å². The molecule has 1 amide bonds. The predicted molar refractivity (Wildman–Crippen MR) is 65.7 cm³/mol. The van der Waals surface area contributed by atoms with Gasteiger partial charge in [0.25, 0.3) is 0 Å². The molecule has 1 aliphatic rings. The van der Waals surface area contributed by atoms with E-state index in [-0.39, 0.29) is 11.9 Å². The summed E-state index contributed by atoms with van der Waals surface area (Å²) in [6, 6.07) is 5.46. The number of rotatable bonds is 3. The van der Waals surface area contributed by atoms with Gasteiger partial charge in [-0.25, -0.2) is 0 Å². The third-order valence-electron chi connectivity index (χ3n) is 3.32. The molecule has 1 atom stereocenters. The Morgan fingerprint density at radius 2 is 2.28 bits per heavy atom. The Morgan fingerprint density at radius 3 is 3.00 bits per heavy atom. The molecule has 3 rings (SSSR count). The van der Waals surface area contributed by atoms with Gasteiger partial charge in [-0.05, 0) is 31.9 Å². The third-order valence-corrected chi connectivity index (χ3v) is 3.32. The molecule has 0 spiro atoms. The second-order valence-electron chi connectivity index (χ2n) is 4.84. The summed E-state index contributed by atoms with van der Waals surface area (Å²) in [5, 5.41) is 11.1. The molecule has 18 heavy (non-hydrogen) atoms. The number of carbonyl (C=O) groups is 1. The minimum Gasteiger partial charge on any atom is -0.345 e. The zero-order valence-corrected chi connectivity index (χ0v) is 10.1. The molecule has 1 aliphatic carbocycles. The smallest absolute Gasteiger partial charge is 0.240 e. The normalized spacial score (nSPS) is 18.6. The fourth-order valence-electron chi connectivity index (χ4n) is 1.92. The summed E-state index contributed by atoms with van der Waals surface area (Å²) in [5.41, 5.74) is 5.96. The quantitative estimate of drug-likeness (QED) is 0.819. The molecule has 6 nitrogen and oxygen atoms in total. The van der Waals surface area contributed by atoms with E-state index >= 15 is 0 Å². The maximum absolute atomic E-state index is 11.9. The van der Waals surface area contributed by atoms with E-state index in [1.165, 1.54) is 0 Å². The number of hydrogen-bond acceptors (Lipinski definition) is 4. The van der Waals surface area contributed by atoms with Gasteiger partial charge < -0.3 is 11.1 Å². The van der Waals surface area contributed by atoms with Gasteiger partial charge in [-0.15, -0.1) is 10.2 Å². The van der Waals surface area contributed by atoms with Gasteiger partial charge >= 0.3 is 0 Å². The highest BCUT2D eigenvalue weighted by molar-refractivity contribution is 5.89. The van der Waals surface area contributed by atoms with E-state index in [2.05, 4.69) is 15.5 Å². The molecule has 1 fully saturated rings. The van der Waals surface area contributed by atoms with Crippen molar-refractivity contribution in [1.82, 2.24) is 19.9 Å². The molecule has 3 N–H and O–H groups in total. The largest absolute Gasteiger partial charge is 0.345 e. The minimum absolute atomic E-state index is 0.109. The molecular weight excluding hydrogens is 230 g/mol. The summed E-state index contributed by atoms with van der Waals surface area (Å²) in [6.07, 6.45) is 3.39. The summed E-state index contributed by atoms with van der Waals surface area (Å²) in [6.45, 7) is 1.88. The van der Waals surface area contributed by atoms with Crippen molar-refractivity contribution >= 4 is 11.6 Å². The van der Waals surface area contributed by atoms with E-state index < -0.39 is 5.54 Å². The van der Waals surface area contributed by atoms with Gasteiger partial charge in [0.15, 0.2) is 11.5 Å². The van der Waals surface area contributed by atoms with Crippen molar-refractivity contribution in [3.8, 4) is 0 Å². The van der Waals surface area contributed by atoms with Crippen molar-refractivity contribution in [2.45, 2.75) is 31.3 Å². The minimum atomic E-state index is -0.658. The molecule has 2 aromatic rings. The molecule has 6 heteroatoms. The SMILES string of the molecule is CC(NC(=O)C1(N)CC1)c1nnc2ccccn12. The lowest BCUT2D eigenvalue weighted by Gasteiger charge is -2.15. The Kier molecular flexibility index (Phi) is 2.34. The van der Waals surface area contributed by atoms with Crippen molar-refractivity contribution < 1.29 is 4.79 Å². The average Bonchev–Trinajstić information content (AvgIpc) is 2.97. The van der Waals surface area contributed by atoms with Gasteiger partial charge in [0, 0.05) is 6.20 Å². The topological polar surface area (TPSA) is 85.3 Å². The molecule has 0 aromatic carbocycles. The monoisotopic (exact) mass is 245 g/mol. The Hall–Kier alpha value is -1.95. The molecule has 0 aliphatic heterocycles. The highest BCUT2D eigenvalue weighted by Gasteiger charge is 2.46. The Labute approximate surface area is 104 Å². The molecular formula is C12H15N5O. The molecule has 1 unspecified atom stereocenters. The van der Waals surface area contributed by atoms with Crippen LogP contribution in [-0.2, 0) is 4.79 Å². The summed E-state index contributed by atoms with van der Waals surface area (Å²) < 4.78 is 1.86. The van der Waals surface area contributed by atoms with E-state index in [0.29, 0.717) is 5.82 Å². The highest BCUT2D eigenvalue weighted by Crippen LogP contribution is 2.32. The summed E-state index contributed by atoms with van der Waals surface area (Å²) in [5.74, 6) is 0.603. The van der Waals surface area contributed by atoms with Crippen molar-refractivity contribution in [3.05, 3.63) is 30.2 Å². The first kappa shape index (κ1) is 11.2. The average molecular weight is 245 g/mol. The number of aromatic nitrogens is 3. The van der Waals surface area contributed by atoms with Crippen LogP contribution in [0.15, 0.2) is 24.4 Å². The number of hydrogen-bond donors (Lipinski definition) is 2. The first-order chi connectivity index (χ1) is 8.60. The highest BCUT2D eigenvalue weighted by atomic mass is 16.2. The molecule has 0 bridgehead atoms. The van der Waals surface area contributed by atoms with Crippen LogP contribution >= 0.6 is 0 Å². The molecule has 1 saturated carbocycles. The van der Waals surface area contributed by atoms with Crippen LogP contribution in [0, 0.1) is 0 Å². The lowest BCUT2D eigenvalue weighted by atomic mass is 10.2. The Balaban J connectivity index is 1.83. The van der Waals surface area contributed by atoms with E-state index in [1.807, 2.05) is 35.7 Å². The van der Waals surface area contributed by atoms with Crippen molar-refractivity contribution in [3.63, 3.8) is 0 Å². The second-order valence-corrected chi connectivity index (χ2v) is 4.84. The standard InChI is InChI=1S/C12H15N5O/c1-8(14-11(18)12(13)5-6-12)10-16-15-9-4-2-3-7-17(9)10/h2-4,7-8H,5-6,13H2,1H3,(H,14,18). The number of amides is 1.